The van der Waals surface area contributed by atoms with Gasteiger partial charge in [0.15, 0.2) is 0 Å². The predicted molar refractivity (Wildman–Crippen MR) is 76.3 cm³/mol. The molecule has 3 rings (SSSR count). The maximum Gasteiger partial charge on any atom is 0.261 e. The number of imidazole rings is 1. The van der Waals surface area contributed by atoms with Gasteiger partial charge in [-0.05, 0) is 23.9 Å². The molecule has 0 aliphatic heterocycles. The van der Waals surface area contributed by atoms with Gasteiger partial charge >= 0.3 is 0 Å². The number of nitrogens with one attached hydrogen (secondary N) is 2. The highest BCUT2D eigenvalue weighted by Crippen LogP contribution is 2.30. The highest BCUT2D eigenvalue weighted by atomic mass is 32.1. The van der Waals surface area contributed by atoms with E-state index in [-0.39, 0.29) is 5.91 Å². The average Bonchev–Trinajstić information content (AvgIpc) is 3.05. The number of benzene rings is 1. The normalized spacial score (nSPS) is 10.8. The minimum absolute atomic E-state index is 0.0340. The molecule has 0 aliphatic rings. The molecule has 2 aromatic heterocycles. The quantitative estimate of drug-likeness (QED) is 0.769. The molecule has 0 radical (unpaired) electrons. The first-order valence-electron chi connectivity index (χ1n) is 5.99. The van der Waals surface area contributed by atoms with E-state index in [0.29, 0.717) is 6.54 Å². The number of aromatic nitrogens is 2. The van der Waals surface area contributed by atoms with E-state index >= 15 is 0 Å². The van der Waals surface area contributed by atoms with Crippen molar-refractivity contribution in [3.8, 4) is 0 Å². The molecule has 96 valence electrons. The van der Waals surface area contributed by atoms with Crippen LogP contribution in [-0.2, 0) is 6.54 Å². The van der Waals surface area contributed by atoms with Gasteiger partial charge in [0.05, 0.1) is 23.4 Å². The monoisotopic (exact) mass is 271 g/mol. The van der Waals surface area contributed by atoms with Gasteiger partial charge in [0.2, 0.25) is 0 Å². The summed E-state index contributed by atoms with van der Waals surface area (Å²) in [4.78, 5) is 19.9. The van der Waals surface area contributed by atoms with Crippen molar-refractivity contribution in [2.24, 2.45) is 0 Å². The minimum Gasteiger partial charge on any atom is -0.347 e. The molecule has 0 spiro atoms. The van der Waals surface area contributed by atoms with Crippen molar-refractivity contribution in [2.75, 3.05) is 0 Å². The van der Waals surface area contributed by atoms with Crippen molar-refractivity contribution in [3.05, 3.63) is 52.9 Å². The van der Waals surface area contributed by atoms with Crippen LogP contribution in [0.3, 0.4) is 0 Å². The molecule has 0 aliphatic carbocycles. The molecule has 0 saturated heterocycles. The summed E-state index contributed by atoms with van der Waals surface area (Å²) in [5, 5.41) is 4.06. The molecule has 1 amide bonds. The Balaban J connectivity index is 1.83. The number of H-pyrrole nitrogens is 1. The fraction of sp³-hybridized carbons (Fsp3) is 0.143. The van der Waals surface area contributed by atoms with E-state index in [2.05, 4.69) is 15.3 Å². The topological polar surface area (TPSA) is 57.8 Å². The largest absolute Gasteiger partial charge is 0.347 e. The van der Waals surface area contributed by atoms with Crippen molar-refractivity contribution in [2.45, 2.75) is 13.5 Å². The number of aromatic amines is 1. The third-order valence-corrected chi connectivity index (χ3v) is 4.32. The second-order valence-corrected chi connectivity index (χ2v) is 5.36. The van der Waals surface area contributed by atoms with Gasteiger partial charge in [-0.2, -0.15) is 0 Å². The molecule has 4 nitrogen and oxygen atoms in total. The molecule has 0 bridgehead atoms. The Kier molecular flexibility index (Phi) is 3.05. The smallest absolute Gasteiger partial charge is 0.261 e. The fourth-order valence-corrected chi connectivity index (χ4v) is 3.15. The average molecular weight is 271 g/mol. The van der Waals surface area contributed by atoms with Gasteiger partial charge in [0, 0.05) is 10.9 Å². The summed E-state index contributed by atoms with van der Waals surface area (Å²) >= 11 is 1.53. The van der Waals surface area contributed by atoms with Crippen LogP contribution in [0.25, 0.3) is 10.1 Å². The van der Waals surface area contributed by atoms with Crippen LogP contribution < -0.4 is 5.32 Å². The first-order chi connectivity index (χ1) is 9.25. The van der Waals surface area contributed by atoms with Crippen LogP contribution in [-0.4, -0.2) is 15.9 Å². The summed E-state index contributed by atoms with van der Waals surface area (Å²) in [7, 11) is 0. The zero-order chi connectivity index (χ0) is 13.2. The number of carbonyl (C=O) groups is 1. The van der Waals surface area contributed by atoms with Gasteiger partial charge in [-0.1, -0.05) is 18.2 Å². The number of carbonyl (C=O) groups excluding carboxylic acids is 1. The van der Waals surface area contributed by atoms with Crippen LogP contribution in [0.15, 0.2) is 36.8 Å². The van der Waals surface area contributed by atoms with E-state index in [9.17, 15) is 4.79 Å². The van der Waals surface area contributed by atoms with Crippen LogP contribution in [0, 0.1) is 6.92 Å². The van der Waals surface area contributed by atoms with E-state index in [1.165, 1.54) is 11.3 Å². The lowest BCUT2D eigenvalue weighted by Gasteiger charge is -2.02. The Bertz CT molecular complexity index is 715. The number of rotatable bonds is 3. The van der Waals surface area contributed by atoms with E-state index in [1.807, 2.05) is 31.2 Å². The first kappa shape index (κ1) is 11.9. The second-order valence-electron chi connectivity index (χ2n) is 4.31. The van der Waals surface area contributed by atoms with Crippen LogP contribution >= 0.6 is 11.3 Å². The highest BCUT2D eigenvalue weighted by Gasteiger charge is 2.14. The third-order valence-electron chi connectivity index (χ3n) is 3.04. The summed E-state index contributed by atoms with van der Waals surface area (Å²) in [6.07, 6.45) is 3.31. The van der Waals surface area contributed by atoms with Gasteiger partial charge in [0.25, 0.3) is 5.91 Å². The highest BCUT2D eigenvalue weighted by molar-refractivity contribution is 7.21. The number of hydrogen-bond donors (Lipinski definition) is 2. The Morgan fingerprint density at radius 1 is 1.42 bits per heavy atom. The lowest BCUT2D eigenvalue weighted by Crippen LogP contribution is -2.22. The van der Waals surface area contributed by atoms with Crippen molar-refractivity contribution >= 4 is 27.3 Å². The molecule has 2 N–H and O–H groups in total. The maximum absolute atomic E-state index is 12.2. The van der Waals surface area contributed by atoms with Crippen LogP contribution in [0.5, 0.6) is 0 Å². The molecule has 5 heteroatoms. The van der Waals surface area contributed by atoms with Crippen molar-refractivity contribution < 1.29 is 4.79 Å². The predicted octanol–water partition coefficient (Wildman–Crippen LogP) is 2.86. The van der Waals surface area contributed by atoms with E-state index in [4.69, 9.17) is 0 Å². The van der Waals surface area contributed by atoms with Crippen LogP contribution in [0.4, 0.5) is 0 Å². The minimum atomic E-state index is -0.0340. The first-order valence-corrected chi connectivity index (χ1v) is 6.81. The lowest BCUT2D eigenvalue weighted by atomic mass is 10.1. The Labute approximate surface area is 114 Å². The molecule has 19 heavy (non-hydrogen) atoms. The van der Waals surface area contributed by atoms with Gasteiger partial charge in [-0.25, -0.2) is 4.98 Å². The number of hydrogen-bond acceptors (Lipinski definition) is 3. The van der Waals surface area contributed by atoms with Gasteiger partial charge in [-0.3, -0.25) is 4.79 Å². The summed E-state index contributed by atoms with van der Waals surface area (Å²) in [6, 6.07) is 8.07. The molecule has 0 atom stereocenters. The molecule has 0 fully saturated rings. The Hall–Kier alpha value is -2.14. The molecule has 0 saturated carbocycles. The number of nitrogens with zero attached hydrogens (tertiary/aromatic N) is 1. The molecule has 3 aromatic rings. The number of fused-ring (bicyclic) bond motifs is 1. The van der Waals surface area contributed by atoms with Crippen molar-refractivity contribution in [1.29, 1.82) is 0 Å². The molecule has 1 aromatic carbocycles. The summed E-state index contributed by atoms with van der Waals surface area (Å²) < 4.78 is 1.15. The third kappa shape index (κ3) is 2.24. The summed E-state index contributed by atoms with van der Waals surface area (Å²) in [5.74, 6) is -0.0340. The van der Waals surface area contributed by atoms with E-state index in [0.717, 1.165) is 26.2 Å². The zero-order valence-corrected chi connectivity index (χ0v) is 11.3. The SMILES string of the molecule is Cc1c(C(=O)NCc2cnc[nH]2)sc2ccccc12. The molecular formula is C14H13N3OS. The van der Waals surface area contributed by atoms with Gasteiger partial charge in [-0.15, -0.1) is 11.3 Å². The van der Waals surface area contributed by atoms with E-state index in [1.54, 1.807) is 12.5 Å². The number of thiophene rings is 1. The second kappa shape index (κ2) is 4.85. The zero-order valence-electron chi connectivity index (χ0n) is 10.4. The standard InChI is InChI=1S/C14H13N3OS/c1-9-11-4-2-3-5-12(11)19-13(9)14(18)16-7-10-6-15-8-17-10/h2-6,8H,7H2,1H3,(H,15,17)(H,16,18). The summed E-state index contributed by atoms with van der Waals surface area (Å²) in [6.45, 7) is 2.45. The Morgan fingerprint density at radius 3 is 3.00 bits per heavy atom. The fourth-order valence-electron chi connectivity index (χ4n) is 2.03. The van der Waals surface area contributed by atoms with Gasteiger partial charge in [0.1, 0.15) is 0 Å². The summed E-state index contributed by atoms with van der Waals surface area (Å²) in [5.41, 5.74) is 1.94. The number of aryl methyl sites for hydroxylation is 1. The van der Waals surface area contributed by atoms with E-state index < -0.39 is 0 Å². The Morgan fingerprint density at radius 2 is 2.26 bits per heavy atom. The molecule has 2 heterocycles. The molecule has 0 unspecified atom stereocenters. The maximum atomic E-state index is 12.2. The number of amides is 1. The van der Waals surface area contributed by atoms with Crippen LogP contribution in [0.1, 0.15) is 20.9 Å². The lowest BCUT2D eigenvalue weighted by molar-refractivity contribution is 0.0954. The van der Waals surface area contributed by atoms with Crippen molar-refractivity contribution in [3.63, 3.8) is 0 Å². The van der Waals surface area contributed by atoms with Gasteiger partial charge < -0.3 is 10.3 Å². The van der Waals surface area contributed by atoms with Crippen LogP contribution in [0.2, 0.25) is 0 Å². The van der Waals surface area contributed by atoms with Crippen molar-refractivity contribution in [1.82, 2.24) is 15.3 Å². The molecular weight excluding hydrogens is 258 g/mol.